The van der Waals surface area contributed by atoms with E-state index in [2.05, 4.69) is 31.9 Å². The molecule has 0 aromatic heterocycles. The summed E-state index contributed by atoms with van der Waals surface area (Å²) in [6.45, 7) is 0. The van der Waals surface area contributed by atoms with Crippen LogP contribution in [0.25, 0.3) is 0 Å². The lowest BCUT2D eigenvalue weighted by molar-refractivity contribution is -0.123. The summed E-state index contributed by atoms with van der Waals surface area (Å²) in [5.41, 5.74) is 3.66. The van der Waals surface area contributed by atoms with Crippen molar-refractivity contribution >= 4 is 60.9 Å². The number of amides is 2. The molecule has 3 aliphatic carbocycles. The third kappa shape index (κ3) is 3.74. The number of imide groups is 1. The Morgan fingerprint density at radius 1 is 0.950 bits per heavy atom. The van der Waals surface area contributed by atoms with Gasteiger partial charge in [0.15, 0.2) is 11.6 Å². The van der Waals surface area contributed by atoms with Gasteiger partial charge in [0.05, 0.1) is 28.3 Å². The van der Waals surface area contributed by atoms with Gasteiger partial charge in [0, 0.05) is 39.6 Å². The van der Waals surface area contributed by atoms with E-state index in [0.717, 1.165) is 21.2 Å². The van der Waals surface area contributed by atoms with Crippen molar-refractivity contribution < 1.29 is 29.0 Å². The van der Waals surface area contributed by atoms with Crippen molar-refractivity contribution in [1.29, 1.82) is 0 Å². The van der Waals surface area contributed by atoms with Crippen molar-refractivity contribution in [3.63, 3.8) is 0 Å². The number of anilines is 1. The number of Topliss-reactive ketones (excluding diaryl/α,β-unsaturated/α-hetero) is 1. The van der Waals surface area contributed by atoms with Crippen LogP contribution in [0.3, 0.4) is 0 Å². The van der Waals surface area contributed by atoms with E-state index in [-0.39, 0.29) is 40.0 Å². The normalized spacial score (nSPS) is 27.2. The summed E-state index contributed by atoms with van der Waals surface area (Å²) < 4.78 is 6.94. The zero-order chi connectivity index (χ0) is 27.9. The van der Waals surface area contributed by atoms with Crippen LogP contribution in [0.5, 0.6) is 11.5 Å². The van der Waals surface area contributed by atoms with Gasteiger partial charge in [0.25, 0.3) is 0 Å². The molecule has 7 rings (SSSR count). The highest BCUT2D eigenvalue weighted by Gasteiger charge is 2.57. The Balaban J connectivity index is 1.33. The molecule has 200 valence electrons. The van der Waals surface area contributed by atoms with Crippen molar-refractivity contribution in [2.24, 2.45) is 23.7 Å². The minimum atomic E-state index is -0.651. The standard InChI is InChI=1S/C31H21Br2NO6/c32-16-1-3-17(4-2-16)34-30(38)20-7-6-19-21(27(20)31(34)39)11-22-28(24(36)12-23(33)29(22)37)26(19)15-9-14-10-18(35)5-8-25(14)40-13-15/h1-6,8,10,12-13,20-21,26-27,35H,7,9,11H2/t20-,21+,26-,27-/m0/s1. The van der Waals surface area contributed by atoms with E-state index in [4.69, 9.17) is 4.74 Å². The van der Waals surface area contributed by atoms with E-state index in [1.54, 1.807) is 48.7 Å². The summed E-state index contributed by atoms with van der Waals surface area (Å²) in [6, 6.07) is 11.9. The quantitative estimate of drug-likeness (QED) is 0.260. The number of ether oxygens (including phenoxy) is 1. The monoisotopic (exact) mass is 661 g/mol. The summed E-state index contributed by atoms with van der Waals surface area (Å²) in [5.74, 6) is -2.58. The first-order valence-electron chi connectivity index (χ1n) is 12.9. The van der Waals surface area contributed by atoms with Crippen molar-refractivity contribution in [2.45, 2.75) is 19.3 Å². The predicted molar refractivity (Wildman–Crippen MR) is 152 cm³/mol. The Morgan fingerprint density at radius 3 is 2.50 bits per heavy atom. The summed E-state index contributed by atoms with van der Waals surface area (Å²) in [6.07, 6.45) is 5.87. The third-order valence-electron chi connectivity index (χ3n) is 8.56. The number of ketones is 2. The fourth-order valence-electron chi connectivity index (χ4n) is 6.86. The zero-order valence-corrected chi connectivity index (χ0v) is 24.1. The van der Waals surface area contributed by atoms with Crippen molar-refractivity contribution in [2.75, 3.05) is 4.90 Å². The van der Waals surface area contributed by atoms with E-state index >= 15 is 0 Å². The average molecular weight is 663 g/mol. The smallest absolute Gasteiger partial charge is 0.238 e. The molecular weight excluding hydrogens is 642 g/mol. The van der Waals surface area contributed by atoms with E-state index < -0.39 is 23.7 Å². The molecule has 2 amide bonds. The predicted octanol–water partition coefficient (Wildman–Crippen LogP) is 5.47. The van der Waals surface area contributed by atoms with Gasteiger partial charge >= 0.3 is 0 Å². The molecule has 2 aromatic carbocycles. The molecule has 4 atom stereocenters. The first-order valence-corrected chi connectivity index (χ1v) is 14.5. The second kappa shape index (κ2) is 9.24. The van der Waals surface area contributed by atoms with Crippen LogP contribution in [-0.4, -0.2) is 28.5 Å². The average Bonchev–Trinajstić information content (AvgIpc) is 3.20. The molecule has 0 spiro atoms. The first-order chi connectivity index (χ1) is 19.2. The summed E-state index contributed by atoms with van der Waals surface area (Å²) in [7, 11) is 0. The topological polar surface area (TPSA) is 101 Å². The Morgan fingerprint density at radius 2 is 1.73 bits per heavy atom. The Hall–Kier alpha value is -3.56. The maximum atomic E-state index is 14.0. The molecule has 0 unspecified atom stereocenters. The SMILES string of the molecule is O=C1C=C(Br)C(=O)C2=C1[C@@H](C1=COc3ccc(O)cc3C1)C1=CC[C@@H]3C(=O)N(c4ccc(Br)cc4)C(=O)[C@@H]3[C@@H]1C2. The van der Waals surface area contributed by atoms with Crippen LogP contribution >= 0.6 is 31.9 Å². The van der Waals surface area contributed by atoms with Gasteiger partial charge in [-0.2, -0.15) is 0 Å². The second-order valence-corrected chi connectivity index (χ2v) is 12.4. The summed E-state index contributed by atoms with van der Waals surface area (Å²) in [5, 5.41) is 10.1. The molecule has 1 saturated heterocycles. The van der Waals surface area contributed by atoms with Gasteiger partial charge in [-0.15, -0.1) is 0 Å². The summed E-state index contributed by atoms with van der Waals surface area (Å²) in [4.78, 5) is 55.6. The maximum absolute atomic E-state index is 14.0. The number of halogens is 2. The maximum Gasteiger partial charge on any atom is 0.238 e. The minimum absolute atomic E-state index is 0.101. The minimum Gasteiger partial charge on any atom is -0.508 e. The van der Waals surface area contributed by atoms with Gasteiger partial charge in [-0.3, -0.25) is 24.1 Å². The zero-order valence-electron chi connectivity index (χ0n) is 20.9. The van der Waals surface area contributed by atoms with Gasteiger partial charge in [0.2, 0.25) is 11.8 Å². The molecule has 0 radical (unpaired) electrons. The number of fused-ring (bicyclic) bond motifs is 4. The molecule has 2 heterocycles. The number of allylic oxidation sites excluding steroid dienone is 7. The number of hydrogen-bond donors (Lipinski definition) is 1. The lowest BCUT2D eigenvalue weighted by atomic mass is 9.59. The number of carbonyl (C=O) groups excluding carboxylic acids is 4. The van der Waals surface area contributed by atoms with E-state index in [9.17, 15) is 24.3 Å². The molecule has 9 heteroatoms. The van der Waals surface area contributed by atoms with Crippen LogP contribution < -0.4 is 9.64 Å². The molecule has 5 aliphatic rings. The molecule has 1 N–H and O–H groups in total. The van der Waals surface area contributed by atoms with Crippen molar-refractivity contribution in [3.05, 3.63) is 97.7 Å². The molecular formula is C31H21Br2NO6. The fourth-order valence-corrected chi connectivity index (χ4v) is 7.57. The third-order valence-corrected chi connectivity index (χ3v) is 9.68. The Labute approximate surface area is 246 Å². The highest BCUT2D eigenvalue weighted by molar-refractivity contribution is 9.12. The lowest BCUT2D eigenvalue weighted by Gasteiger charge is -2.43. The van der Waals surface area contributed by atoms with Crippen LogP contribution in [0.15, 0.2) is 92.1 Å². The fraction of sp³-hybridized carbons (Fsp3) is 0.226. The van der Waals surface area contributed by atoms with E-state index in [0.29, 0.717) is 35.4 Å². The number of aromatic hydroxyl groups is 1. The summed E-state index contributed by atoms with van der Waals surface area (Å²) >= 11 is 6.65. The van der Waals surface area contributed by atoms with E-state index in [1.807, 2.05) is 6.08 Å². The molecule has 0 saturated carbocycles. The molecule has 7 nitrogen and oxygen atoms in total. The number of rotatable bonds is 2. The number of phenolic OH excluding ortho intramolecular Hbond substituents is 1. The number of phenols is 1. The van der Waals surface area contributed by atoms with Crippen LogP contribution in [-0.2, 0) is 25.6 Å². The molecule has 40 heavy (non-hydrogen) atoms. The lowest BCUT2D eigenvalue weighted by Crippen LogP contribution is -2.41. The van der Waals surface area contributed by atoms with Crippen molar-refractivity contribution in [1.82, 2.24) is 0 Å². The number of carbonyl (C=O) groups is 4. The number of hydrogen-bond acceptors (Lipinski definition) is 6. The van der Waals surface area contributed by atoms with Gasteiger partial charge in [-0.05, 0) is 82.7 Å². The van der Waals surface area contributed by atoms with Crippen LogP contribution in [0, 0.1) is 23.7 Å². The number of nitrogens with zero attached hydrogens (tertiary/aromatic N) is 1. The van der Waals surface area contributed by atoms with Crippen LogP contribution in [0.1, 0.15) is 18.4 Å². The second-order valence-electron chi connectivity index (χ2n) is 10.7. The number of benzene rings is 2. The van der Waals surface area contributed by atoms with Crippen LogP contribution in [0.2, 0.25) is 0 Å². The highest BCUT2D eigenvalue weighted by Crippen LogP contribution is 2.55. The highest BCUT2D eigenvalue weighted by atomic mass is 79.9. The molecule has 2 aliphatic heterocycles. The molecule has 1 fully saturated rings. The van der Waals surface area contributed by atoms with Gasteiger partial charge in [-0.25, -0.2) is 0 Å². The molecule has 2 aromatic rings. The van der Waals surface area contributed by atoms with E-state index in [1.165, 1.54) is 11.0 Å². The van der Waals surface area contributed by atoms with Gasteiger partial charge < -0.3 is 9.84 Å². The van der Waals surface area contributed by atoms with Gasteiger partial charge in [0.1, 0.15) is 11.5 Å². The largest absolute Gasteiger partial charge is 0.508 e. The first kappa shape index (κ1) is 25.4. The Bertz CT molecular complexity index is 1680. The van der Waals surface area contributed by atoms with Gasteiger partial charge in [-0.1, -0.05) is 27.6 Å². The Kier molecular flexibility index (Phi) is 5.87. The van der Waals surface area contributed by atoms with Crippen LogP contribution in [0.4, 0.5) is 5.69 Å². The van der Waals surface area contributed by atoms with Crippen molar-refractivity contribution in [3.8, 4) is 11.5 Å². The molecule has 0 bridgehead atoms.